The number of hydrogen-bond donors (Lipinski definition) is 1. The zero-order chi connectivity index (χ0) is 12.4. The van der Waals surface area contributed by atoms with Gasteiger partial charge in [0.15, 0.2) is 0 Å². The van der Waals surface area contributed by atoms with Crippen LogP contribution in [0.4, 0.5) is 11.4 Å². The van der Waals surface area contributed by atoms with Crippen molar-refractivity contribution in [2.24, 2.45) is 5.92 Å². The van der Waals surface area contributed by atoms with E-state index in [4.69, 9.17) is 0 Å². The number of fused-ring (bicyclic) bond motifs is 1. The third-order valence-corrected chi connectivity index (χ3v) is 3.79. The van der Waals surface area contributed by atoms with Crippen molar-refractivity contribution < 1.29 is 4.92 Å². The highest BCUT2D eigenvalue weighted by molar-refractivity contribution is 5.70. The van der Waals surface area contributed by atoms with E-state index in [1.54, 1.807) is 12.1 Å². The number of rotatable bonds is 4. The maximum absolute atomic E-state index is 10.9. The Kier molecular flexibility index (Phi) is 3.31. The highest BCUT2D eigenvalue weighted by Crippen LogP contribution is 2.43. The van der Waals surface area contributed by atoms with Gasteiger partial charge in [0.25, 0.3) is 5.69 Å². The van der Waals surface area contributed by atoms with Crippen LogP contribution in [0.15, 0.2) is 18.2 Å². The maximum Gasteiger partial charge on any atom is 0.292 e. The van der Waals surface area contributed by atoms with E-state index in [0.29, 0.717) is 11.8 Å². The van der Waals surface area contributed by atoms with E-state index < -0.39 is 0 Å². The zero-order valence-electron chi connectivity index (χ0n) is 10.3. The van der Waals surface area contributed by atoms with E-state index >= 15 is 0 Å². The summed E-state index contributed by atoms with van der Waals surface area (Å²) in [6.07, 6.45) is 2.23. The SMILES string of the molecule is CCC(CC)C1CNc2c1cccc2[N+](=O)[O-]. The van der Waals surface area contributed by atoms with Gasteiger partial charge in [-0.05, 0) is 11.5 Å². The lowest BCUT2D eigenvalue weighted by Crippen LogP contribution is -2.13. The van der Waals surface area contributed by atoms with Crippen LogP contribution in [0, 0.1) is 16.0 Å². The van der Waals surface area contributed by atoms with Crippen molar-refractivity contribution in [2.45, 2.75) is 32.6 Å². The van der Waals surface area contributed by atoms with Gasteiger partial charge in [-0.2, -0.15) is 0 Å². The highest BCUT2D eigenvalue weighted by atomic mass is 16.6. The molecule has 0 saturated carbocycles. The number of nitrogens with zero attached hydrogens (tertiary/aromatic N) is 1. The summed E-state index contributed by atoms with van der Waals surface area (Å²) < 4.78 is 0. The number of benzene rings is 1. The van der Waals surface area contributed by atoms with Crippen molar-refractivity contribution in [2.75, 3.05) is 11.9 Å². The second-order valence-electron chi connectivity index (χ2n) is 4.56. The van der Waals surface area contributed by atoms with Crippen LogP contribution in [0.3, 0.4) is 0 Å². The molecule has 4 nitrogen and oxygen atoms in total. The van der Waals surface area contributed by atoms with Crippen molar-refractivity contribution in [3.63, 3.8) is 0 Å². The van der Waals surface area contributed by atoms with Crippen LogP contribution in [0.1, 0.15) is 38.2 Å². The molecule has 0 amide bonds. The van der Waals surface area contributed by atoms with Crippen molar-refractivity contribution in [1.29, 1.82) is 0 Å². The lowest BCUT2D eigenvalue weighted by Gasteiger charge is -2.20. The summed E-state index contributed by atoms with van der Waals surface area (Å²) in [4.78, 5) is 10.6. The van der Waals surface area contributed by atoms with Crippen LogP contribution in [0.25, 0.3) is 0 Å². The van der Waals surface area contributed by atoms with Gasteiger partial charge < -0.3 is 5.32 Å². The van der Waals surface area contributed by atoms with Crippen LogP contribution in [-0.2, 0) is 0 Å². The molecule has 1 aromatic carbocycles. The molecule has 4 heteroatoms. The molecule has 0 aromatic heterocycles. The van der Waals surface area contributed by atoms with Gasteiger partial charge in [-0.25, -0.2) is 0 Å². The molecule has 0 saturated heterocycles. The Morgan fingerprint density at radius 1 is 1.47 bits per heavy atom. The number of nitrogens with one attached hydrogen (secondary N) is 1. The van der Waals surface area contributed by atoms with Gasteiger partial charge in [-0.15, -0.1) is 0 Å². The topological polar surface area (TPSA) is 55.2 Å². The van der Waals surface area contributed by atoms with Crippen molar-refractivity contribution in [3.05, 3.63) is 33.9 Å². The van der Waals surface area contributed by atoms with Gasteiger partial charge in [0.05, 0.1) is 4.92 Å². The molecule has 1 N–H and O–H groups in total. The van der Waals surface area contributed by atoms with Gasteiger partial charge in [-0.3, -0.25) is 10.1 Å². The van der Waals surface area contributed by atoms with E-state index in [2.05, 4.69) is 19.2 Å². The van der Waals surface area contributed by atoms with E-state index in [-0.39, 0.29) is 10.6 Å². The summed E-state index contributed by atoms with van der Waals surface area (Å²) in [5, 5.41) is 14.1. The van der Waals surface area contributed by atoms with Crippen LogP contribution >= 0.6 is 0 Å². The molecule has 1 aliphatic rings. The third kappa shape index (κ3) is 1.99. The average molecular weight is 234 g/mol. The number of nitro groups is 1. The van der Waals surface area contributed by atoms with Gasteiger partial charge in [0.2, 0.25) is 0 Å². The minimum atomic E-state index is -0.304. The van der Waals surface area contributed by atoms with Crippen molar-refractivity contribution in [1.82, 2.24) is 0 Å². The van der Waals surface area contributed by atoms with Crippen LogP contribution in [0.5, 0.6) is 0 Å². The zero-order valence-corrected chi connectivity index (χ0v) is 10.3. The fourth-order valence-corrected chi connectivity index (χ4v) is 2.81. The molecule has 0 radical (unpaired) electrons. The second kappa shape index (κ2) is 4.73. The second-order valence-corrected chi connectivity index (χ2v) is 4.56. The van der Waals surface area contributed by atoms with E-state index in [1.807, 2.05) is 6.07 Å². The normalized spacial score (nSPS) is 17.9. The fourth-order valence-electron chi connectivity index (χ4n) is 2.81. The Hall–Kier alpha value is -1.58. The summed E-state index contributed by atoms with van der Waals surface area (Å²) in [5.74, 6) is 1.02. The predicted octanol–water partition coefficient (Wildman–Crippen LogP) is 3.54. The summed E-state index contributed by atoms with van der Waals surface area (Å²) in [6, 6.07) is 5.38. The first-order chi connectivity index (χ1) is 8.19. The molecule has 1 unspecified atom stereocenters. The summed E-state index contributed by atoms with van der Waals surface area (Å²) in [7, 11) is 0. The smallest absolute Gasteiger partial charge is 0.292 e. The van der Waals surface area contributed by atoms with Crippen LogP contribution in [-0.4, -0.2) is 11.5 Å². The van der Waals surface area contributed by atoms with Crippen LogP contribution < -0.4 is 5.32 Å². The molecule has 0 fully saturated rings. The summed E-state index contributed by atoms with van der Waals surface area (Å²) >= 11 is 0. The van der Waals surface area contributed by atoms with E-state index in [0.717, 1.165) is 30.6 Å². The molecule has 2 rings (SSSR count). The molecule has 0 aliphatic carbocycles. The number of nitro benzene ring substituents is 1. The summed E-state index contributed by atoms with van der Waals surface area (Å²) in [6.45, 7) is 5.19. The first-order valence-electron chi connectivity index (χ1n) is 6.20. The largest absolute Gasteiger partial charge is 0.379 e. The molecule has 1 atom stereocenters. The minimum absolute atomic E-state index is 0.205. The van der Waals surface area contributed by atoms with Crippen molar-refractivity contribution in [3.8, 4) is 0 Å². The van der Waals surface area contributed by atoms with E-state index in [9.17, 15) is 10.1 Å². The van der Waals surface area contributed by atoms with Crippen molar-refractivity contribution >= 4 is 11.4 Å². The quantitative estimate of drug-likeness (QED) is 0.640. The molecule has 0 spiro atoms. The number of para-hydroxylation sites is 1. The van der Waals surface area contributed by atoms with Gasteiger partial charge in [0, 0.05) is 18.5 Å². The third-order valence-electron chi connectivity index (χ3n) is 3.79. The lowest BCUT2D eigenvalue weighted by molar-refractivity contribution is -0.383. The molecule has 17 heavy (non-hydrogen) atoms. The highest BCUT2D eigenvalue weighted by Gasteiger charge is 2.32. The Bertz CT molecular complexity index is 427. The van der Waals surface area contributed by atoms with Crippen LogP contribution in [0.2, 0.25) is 0 Å². The molecule has 1 heterocycles. The minimum Gasteiger partial charge on any atom is -0.379 e. The monoisotopic (exact) mass is 234 g/mol. The Labute approximate surface area is 101 Å². The predicted molar refractivity (Wildman–Crippen MR) is 68.4 cm³/mol. The first kappa shape index (κ1) is 11.9. The molecule has 1 aliphatic heterocycles. The van der Waals surface area contributed by atoms with Gasteiger partial charge in [-0.1, -0.05) is 38.8 Å². The molecule has 1 aromatic rings. The summed E-state index contributed by atoms with van der Waals surface area (Å²) in [5.41, 5.74) is 2.05. The Balaban J connectivity index is 2.39. The average Bonchev–Trinajstić information content (AvgIpc) is 2.74. The first-order valence-corrected chi connectivity index (χ1v) is 6.20. The molecular weight excluding hydrogens is 216 g/mol. The number of hydrogen-bond acceptors (Lipinski definition) is 3. The van der Waals surface area contributed by atoms with E-state index in [1.165, 1.54) is 0 Å². The molecule has 92 valence electrons. The molecule has 0 bridgehead atoms. The van der Waals surface area contributed by atoms with Gasteiger partial charge in [0.1, 0.15) is 5.69 Å². The van der Waals surface area contributed by atoms with Gasteiger partial charge >= 0.3 is 0 Å². The Morgan fingerprint density at radius 2 is 2.18 bits per heavy atom. The fraction of sp³-hybridized carbons (Fsp3) is 0.538. The Morgan fingerprint density at radius 3 is 2.76 bits per heavy atom. The standard InChI is InChI=1S/C13H18N2O2/c1-3-9(4-2)11-8-14-13-10(11)6-5-7-12(13)15(16)17/h5-7,9,11,14H,3-4,8H2,1-2H3. The lowest BCUT2D eigenvalue weighted by atomic mass is 9.84. The number of anilines is 1. The molecular formula is C13H18N2O2. The maximum atomic E-state index is 10.9.